The number of benzene rings is 3. The average molecular weight is 302 g/mol. The molecule has 0 N–H and O–H groups in total. The van der Waals surface area contributed by atoms with Crippen LogP contribution >= 0.6 is 0 Å². The van der Waals surface area contributed by atoms with Gasteiger partial charge in [-0.25, -0.2) is 9.59 Å². The van der Waals surface area contributed by atoms with Gasteiger partial charge in [-0.15, -0.1) is 0 Å². The van der Waals surface area contributed by atoms with Crippen molar-refractivity contribution in [3.05, 3.63) is 70.8 Å². The van der Waals surface area contributed by atoms with Crippen molar-refractivity contribution >= 4 is 22.7 Å². The lowest BCUT2D eigenvalue weighted by Crippen LogP contribution is -1.99. The molecule has 1 aliphatic heterocycles. The minimum atomic E-state index is -0.569. The van der Waals surface area contributed by atoms with Gasteiger partial charge in [0, 0.05) is 5.56 Å². The standard InChI is InChI=1S/C20H14O3/c1-11-3-6-13(7-4-11)17-15-9-12(2)5-8-14(15)10-16-18(17)20(22)23-19(16)21/h3-10H,1-2H3. The maximum atomic E-state index is 12.2. The van der Waals surface area contributed by atoms with Gasteiger partial charge in [-0.1, -0.05) is 53.6 Å². The summed E-state index contributed by atoms with van der Waals surface area (Å²) in [7, 11) is 0. The molecule has 4 rings (SSSR count). The minimum Gasteiger partial charge on any atom is -0.386 e. The first-order valence-electron chi connectivity index (χ1n) is 7.45. The average Bonchev–Trinajstić information content (AvgIpc) is 2.81. The van der Waals surface area contributed by atoms with Crippen molar-refractivity contribution in [2.75, 3.05) is 0 Å². The fraction of sp³-hybridized carbons (Fsp3) is 0.100. The summed E-state index contributed by atoms with van der Waals surface area (Å²) in [6.45, 7) is 4.02. The lowest BCUT2D eigenvalue weighted by atomic mass is 9.89. The maximum Gasteiger partial charge on any atom is 0.347 e. The van der Waals surface area contributed by atoms with Crippen LogP contribution in [0, 0.1) is 13.8 Å². The number of esters is 2. The molecule has 0 aromatic heterocycles. The van der Waals surface area contributed by atoms with Crippen LogP contribution in [0.1, 0.15) is 31.8 Å². The molecule has 3 nitrogen and oxygen atoms in total. The van der Waals surface area contributed by atoms with Crippen LogP contribution in [-0.2, 0) is 4.74 Å². The van der Waals surface area contributed by atoms with Gasteiger partial charge in [0.1, 0.15) is 0 Å². The zero-order valence-corrected chi connectivity index (χ0v) is 12.8. The van der Waals surface area contributed by atoms with Crippen LogP contribution in [0.2, 0.25) is 0 Å². The molecule has 0 saturated carbocycles. The van der Waals surface area contributed by atoms with E-state index in [4.69, 9.17) is 4.74 Å². The monoisotopic (exact) mass is 302 g/mol. The molecule has 0 fully saturated rings. The molecule has 3 heteroatoms. The molecule has 23 heavy (non-hydrogen) atoms. The maximum absolute atomic E-state index is 12.2. The summed E-state index contributed by atoms with van der Waals surface area (Å²) in [5.41, 5.74) is 4.65. The largest absolute Gasteiger partial charge is 0.386 e. The number of aryl methyl sites for hydroxylation is 2. The molecule has 1 aliphatic rings. The second-order valence-electron chi connectivity index (χ2n) is 5.94. The van der Waals surface area contributed by atoms with Crippen molar-refractivity contribution in [3.63, 3.8) is 0 Å². The number of rotatable bonds is 1. The van der Waals surface area contributed by atoms with Gasteiger partial charge in [-0.05, 0) is 36.2 Å². The van der Waals surface area contributed by atoms with Gasteiger partial charge >= 0.3 is 11.9 Å². The molecule has 0 aliphatic carbocycles. The van der Waals surface area contributed by atoms with E-state index in [1.165, 1.54) is 0 Å². The Bertz CT molecular complexity index is 982. The topological polar surface area (TPSA) is 43.4 Å². The van der Waals surface area contributed by atoms with E-state index in [2.05, 4.69) is 0 Å². The van der Waals surface area contributed by atoms with E-state index < -0.39 is 11.9 Å². The predicted octanol–water partition coefficient (Wildman–Crippen LogP) is 4.43. The molecule has 3 aromatic carbocycles. The number of hydrogen-bond acceptors (Lipinski definition) is 3. The summed E-state index contributed by atoms with van der Waals surface area (Å²) in [6.07, 6.45) is 0. The summed E-state index contributed by atoms with van der Waals surface area (Å²) in [6, 6.07) is 15.7. The Morgan fingerprint density at radius 1 is 0.739 bits per heavy atom. The van der Waals surface area contributed by atoms with E-state index in [1.807, 2.05) is 56.3 Å². The van der Waals surface area contributed by atoms with Crippen molar-refractivity contribution in [2.24, 2.45) is 0 Å². The fourth-order valence-electron chi connectivity index (χ4n) is 3.09. The number of ether oxygens (including phenoxy) is 1. The summed E-state index contributed by atoms with van der Waals surface area (Å²) in [4.78, 5) is 24.2. The molecule has 0 bridgehead atoms. The van der Waals surface area contributed by atoms with E-state index in [0.29, 0.717) is 11.1 Å². The van der Waals surface area contributed by atoms with Crippen molar-refractivity contribution < 1.29 is 14.3 Å². The highest BCUT2D eigenvalue weighted by Crippen LogP contribution is 2.38. The van der Waals surface area contributed by atoms with Crippen LogP contribution in [0.5, 0.6) is 0 Å². The Balaban J connectivity index is 2.17. The highest BCUT2D eigenvalue weighted by Gasteiger charge is 2.34. The van der Waals surface area contributed by atoms with E-state index in [9.17, 15) is 9.59 Å². The summed E-state index contributed by atoms with van der Waals surface area (Å²) in [5, 5.41) is 1.89. The van der Waals surface area contributed by atoms with Crippen molar-refractivity contribution in [3.8, 4) is 11.1 Å². The van der Waals surface area contributed by atoms with Crippen molar-refractivity contribution in [1.29, 1.82) is 0 Å². The Morgan fingerprint density at radius 2 is 1.43 bits per heavy atom. The van der Waals surface area contributed by atoms with Crippen LogP contribution in [0.4, 0.5) is 0 Å². The third kappa shape index (κ3) is 2.05. The van der Waals surface area contributed by atoms with E-state index in [1.54, 1.807) is 6.07 Å². The highest BCUT2D eigenvalue weighted by molar-refractivity contribution is 6.22. The van der Waals surface area contributed by atoms with E-state index in [0.717, 1.165) is 33.0 Å². The normalized spacial score (nSPS) is 13.3. The molecule has 0 spiro atoms. The van der Waals surface area contributed by atoms with E-state index >= 15 is 0 Å². The molecule has 112 valence electrons. The van der Waals surface area contributed by atoms with Crippen LogP contribution in [-0.4, -0.2) is 11.9 Å². The number of cyclic esters (lactones) is 2. The number of hydrogen-bond donors (Lipinski definition) is 0. The highest BCUT2D eigenvalue weighted by atomic mass is 16.6. The second-order valence-corrected chi connectivity index (χ2v) is 5.94. The predicted molar refractivity (Wildman–Crippen MR) is 88.6 cm³/mol. The fourth-order valence-corrected chi connectivity index (χ4v) is 3.09. The van der Waals surface area contributed by atoms with Crippen LogP contribution in [0.15, 0.2) is 48.5 Å². The van der Waals surface area contributed by atoms with Gasteiger partial charge in [-0.3, -0.25) is 0 Å². The lowest BCUT2D eigenvalue weighted by Gasteiger charge is -2.11. The van der Waals surface area contributed by atoms with Gasteiger partial charge in [0.15, 0.2) is 0 Å². The lowest BCUT2D eigenvalue weighted by molar-refractivity contribution is 0.0444. The number of carbonyl (C=O) groups is 2. The summed E-state index contributed by atoms with van der Waals surface area (Å²) >= 11 is 0. The second kappa shape index (κ2) is 4.78. The molecule has 0 unspecified atom stereocenters. The van der Waals surface area contributed by atoms with Crippen LogP contribution in [0.3, 0.4) is 0 Å². The molecule has 3 aromatic rings. The van der Waals surface area contributed by atoms with Gasteiger partial charge in [0.25, 0.3) is 0 Å². The molecule has 0 saturated heterocycles. The molecular formula is C20H14O3. The molecular weight excluding hydrogens is 288 g/mol. The first kappa shape index (κ1) is 13.7. The van der Waals surface area contributed by atoms with Crippen molar-refractivity contribution in [2.45, 2.75) is 13.8 Å². The first-order chi connectivity index (χ1) is 11.0. The zero-order valence-electron chi connectivity index (χ0n) is 12.8. The first-order valence-corrected chi connectivity index (χ1v) is 7.45. The SMILES string of the molecule is Cc1ccc(-c2c3c(cc4ccc(C)cc24)C(=O)OC3=O)cc1. The Labute approximate surface area is 133 Å². The Morgan fingerprint density at radius 3 is 2.17 bits per heavy atom. The zero-order chi connectivity index (χ0) is 16.1. The van der Waals surface area contributed by atoms with Crippen LogP contribution in [0.25, 0.3) is 21.9 Å². The quantitative estimate of drug-likeness (QED) is 0.493. The third-order valence-corrected chi connectivity index (χ3v) is 4.25. The molecule has 0 radical (unpaired) electrons. The molecule has 0 atom stereocenters. The van der Waals surface area contributed by atoms with Gasteiger partial charge in [0.05, 0.1) is 11.1 Å². The molecule has 1 heterocycles. The van der Waals surface area contributed by atoms with Gasteiger partial charge < -0.3 is 4.74 Å². The van der Waals surface area contributed by atoms with Crippen molar-refractivity contribution in [1.82, 2.24) is 0 Å². The van der Waals surface area contributed by atoms with E-state index in [-0.39, 0.29) is 0 Å². The number of carbonyl (C=O) groups excluding carboxylic acids is 2. The summed E-state index contributed by atoms with van der Waals surface area (Å²) < 4.78 is 4.84. The molecule has 0 amide bonds. The Kier molecular flexibility index (Phi) is 2.85. The summed E-state index contributed by atoms with van der Waals surface area (Å²) in [5.74, 6) is -1.13. The van der Waals surface area contributed by atoms with Crippen LogP contribution < -0.4 is 0 Å². The Hall–Kier alpha value is -2.94. The third-order valence-electron chi connectivity index (χ3n) is 4.25. The number of fused-ring (bicyclic) bond motifs is 2. The smallest absolute Gasteiger partial charge is 0.347 e. The van der Waals surface area contributed by atoms with Gasteiger partial charge in [0.2, 0.25) is 0 Å². The van der Waals surface area contributed by atoms with Gasteiger partial charge in [-0.2, -0.15) is 0 Å². The minimum absolute atomic E-state index is 0.349.